The fourth-order valence-electron chi connectivity index (χ4n) is 4.24. The second-order valence-corrected chi connectivity index (χ2v) is 7.58. The van der Waals surface area contributed by atoms with Gasteiger partial charge in [0.05, 0.1) is 19.7 Å². The van der Waals surface area contributed by atoms with Crippen LogP contribution in [0, 0.1) is 11.7 Å². The van der Waals surface area contributed by atoms with Gasteiger partial charge in [0.15, 0.2) is 0 Å². The minimum atomic E-state index is -0.366. The molecule has 3 saturated heterocycles. The first kappa shape index (κ1) is 16.0. The van der Waals surface area contributed by atoms with Crippen LogP contribution in [0.2, 0.25) is 0 Å². The lowest BCUT2D eigenvalue weighted by Crippen LogP contribution is -2.66. The summed E-state index contributed by atoms with van der Waals surface area (Å²) in [4.78, 5) is 16.7. The molecule has 0 N–H and O–H groups in total. The molecule has 0 aromatic heterocycles. The topological polar surface area (TPSA) is 32.8 Å². The summed E-state index contributed by atoms with van der Waals surface area (Å²) < 4.78 is 19.4. The van der Waals surface area contributed by atoms with Crippen LogP contribution < -0.4 is 0 Å². The molecule has 5 heteroatoms. The Labute approximate surface area is 142 Å². The molecule has 24 heavy (non-hydrogen) atoms. The Morgan fingerprint density at radius 2 is 2.08 bits per heavy atom. The number of nitrogens with zero attached hydrogens (tertiary/aromatic N) is 2. The Kier molecular flexibility index (Phi) is 4.31. The molecule has 130 valence electrons. The molecule has 4 nitrogen and oxygen atoms in total. The molecule has 1 unspecified atom stereocenters. The van der Waals surface area contributed by atoms with Gasteiger partial charge in [-0.05, 0) is 62.9 Å². The molecule has 0 aliphatic carbocycles. The summed E-state index contributed by atoms with van der Waals surface area (Å²) in [5.74, 6) is 0.166. The number of likely N-dealkylation sites (tertiary alicyclic amines) is 2. The second kappa shape index (κ2) is 6.45. The molecule has 3 aliphatic heterocycles. The average Bonchev–Trinajstić information content (AvgIpc) is 3.06. The van der Waals surface area contributed by atoms with Gasteiger partial charge in [0, 0.05) is 12.1 Å². The molecular formula is C19H25FN2O2. The zero-order chi connectivity index (χ0) is 16.6. The fraction of sp³-hybridized carbons (Fsp3) is 0.632. The van der Waals surface area contributed by atoms with Crippen molar-refractivity contribution >= 4 is 5.91 Å². The number of ether oxygens (including phenoxy) is 1. The molecule has 3 heterocycles. The molecular weight excluding hydrogens is 307 g/mol. The molecule has 1 aromatic carbocycles. The normalized spacial score (nSPS) is 26.5. The molecule has 1 atom stereocenters. The van der Waals surface area contributed by atoms with Gasteiger partial charge in [-0.25, -0.2) is 4.39 Å². The Bertz CT molecular complexity index is 599. The number of hydrogen-bond acceptors (Lipinski definition) is 3. The fourth-order valence-corrected chi connectivity index (χ4v) is 4.24. The van der Waals surface area contributed by atoms with Crippen LogP contribution in [0.15, 0.2) is 24.3 Å². The van der Waals surface area contributed by atoms with Crippen molar-refractivity contribution in [3.63, 3.8) is 0 Å². The standard InChI is InChI=1S/C19H25FN2O2/c20-17-5-3-4-16(10-17)18(23)22-13-19(14-22)7-6-15(12-24-19)11-21-8-1-2-9-21/h3-5,10,15H,1-2,6-9,11-14H2. The Morgan fingerprint density at radius 3 is 2.75 bits per heavy atom. The van der Waals surface area contributed by atoms with Crippen LogP contribution in [0.1, 0.15) is 36.0 Å². The van der Waals surface area contributed by atoms with Gasteiger partial charge < -0.3 is 14.5 Å². The zero-order valence-corrected chi connectivity index (χ0v) is 14.0. The largest absolute Gasteiger partial charge is 0.371 e. The SMILES string of the molecule is O=C(c1cccc(F)c1)N1CC2(CCC(CN3CCCC3)CO2)C1. The minimum absolute atomic E-state index is 0.0945. The number of benzene rings is 1. The smallest absolute Gasteiger partial charge is 0.254 e. The van der Waals surface area contributed by atoms with Gasteiger partial charge >= 0.3 is 0 Å². The van der Waals surface area contributed by atoms with E-state index < -0.39 is 0 Å². The summed E-state index contributed by atoms with van der Waals surface area (Å²) >= 11 is 0. The molecule has 3 aliphatic rings. The van der Waals surface area contributed by atoms with Crippen LogP contribution in [-0.2, 0) is 4.74 Å². The van der Waals surface area contributed by atoms with E-state index >= 15 is 0 Å². The van der Waals surface area contributed by atoms with Crippen molar-refractivity contribution in [3.05, 3.63) is 35.6 Å². The Balaban J connectivity index is 1.27. The highest BCUT2D eigenvalue weighted by molar-refractivity contribution is 5.94. The number of hydrogen-bond donors (Lipinski definition) is 0. The first-order valence-corrected chi connectivity index (χ1v) is 9.05. The van der Waals surface area contributed by atoms with Crippen LogP contribution in [0.5, 0.6) is 0 Å². The summed E-state index contributed by atoms with van der Waals surface area (Å²) in [5, 5.41) is 0. The predicted molar refractivity (Wildman–Crippen MR) is 89.4 cm³/mol. The first-order chi connectivity index (χ1) is 11.6. The molecule has 0 saturated carbocycles. The van der Waals surface area contributed by atoms with Crippen molar-refractivity contribution in [2.24, 2.45) is 5.92 Å². The van der Waals surface area contributed by atoms with Crippen LogP contribution in [-0.4, -0.2) is 60.6 Å². The number of carbonyl (C=O) groups is 1. The van der Waals surface area contributed by atoms with Crippen molar-refractivity contribution in [2.45, 2.75) is 31.3 Å². The van der Waals surface area contributed by atoms with Crippen LogP contribution in [0.25, 0.3) is 0 Å². The van der Waals surface area contributed by atoms with E-state index in [0.29, 0.717) is 24.6 Å². The lowest BCUT2D eigenvalue weighted by Gasteiger charge is -2.53. The second-order valence-electron chi connectivity index (χ2n) is 7.58. The zero-order valence-electron chi connectivity index (χ0n) is 14.0. The quantitative estimate of drug-likeness (QED) is 0.853. The average molecular weight is 332 g/mol. The number of rotatable bonds is 3. The molecule has 0 bridgehead atoms. The maximum atomic E-state index is 13.3. The highest BCUT2D eigenvalue weighted by Gasteiger charge is 2.48. The van der Waals surface area contributed by atoms with Crippen LogP contribution in [0.4, 0.5) is 4.39 Å². The van der Waals surface area contributed by atoms with Crippen molar-refractivity contribution < 1.29 is 13.9 Å². The first-order valence-electron chi connectivity index (χ1n) is 9.05. The summed E-state index contributed by atoms with van der Waals surface area (Å²) in [7, 11) is 0. The summed E-state index contributed by atoms with van der Waals surface area (Å²) in [6, 6.07) is 5.92. The van der Waals surface area contributed by atoms with E-state index in [-0.39, 0.29) is 17.3 Å². The van der Waals surface area contributed by atoms with Gasteiger partial charge in [0.2, 0.25) is 0 Å². The molecule has 0 radical (unpaired) electrons. The van der Waals surface area contributed by atoms with Crippen LogP contribution >= 0.6 is 0 Å². The Morgan fingerprint density at radius 1 is 1.29 bits per heavy atom. The van der Waals surface area contributed by atoms with Crippen molar-refractivity contribution in [1.29, 1.82) is 0 Å². The molecule has 1 amide bonds. The Hall–Kier alpha value is -1.46. The molecule has 1 spiro atoms. The van der Waals surface area contributed by atoms with Gasteiger partial charge in [0.25, 0.3) is 5.91 Å². The third-order valence-electron chi connectivity index (χ3n) is 5.67. The van der Waals surface area contributed by atoms with E-state index in [4.69, 9.17) is 4.74 Å². The molecule has 4 rings (SSSR count). The molecule has 3 fully saturated rings. The maximum absolute atomic E-state index is 13.3. The van der Waals surface area contributed by atoms with E-state index in [1.54, 1.807) is 17.0 Å². The van der Waals surface area contributed by atoms with Crippen LogP contribution in [0.3, 0.4) is 0 Å². The maximum Gasteiger partial charge on any atom is 0.254 e. The lowest BCUT2D eigenvalue weighted by molar-refractivity contribution is -0.168. The monoisotopic (exact) mass is 332 g/mol. The minimum Gasteiger partial charge on any atom is -0.371 e. The third-order valence-corrected chi connectivity index (χ3v) is 5.67. The molecule has 1 aromatic rings. The lowest BCUT2D eigenvalue weighted by atomic mass is 9.82. The summed E-state index contributed by atoms with van der Waals surface area (Å²) in [5.41, 5.74) is 0.275. The van der Waals surface area contributed by atoms with E-state index in [0.717, 1.165) is 19.6 Å². The van der Waals surface area contributed by atoms with Crippen molar-refractivity contribution in [2.75, 3.05) is 39.3 Å². The van der Waals surface area contributed by atoms with Crippen molar-refractivity contribution in [1.82, 2.24) is 9.80 Å². The third kappa shape index (κ3) is 3.20. The van der Waals surface area contributed by atoms with Crippen molar-refractivity contribution in [3.8, 4) is 0 Å². The van der Waals surface area contributed by atoms with Gasteiger partial charge in [-0.15, -0.1) is 0 Å². The van der Waals surface area contributed by atoms with Gasteiger partial charge in [0.1, 0.15) is 11.4 Å². The predicted octanol–water partition coefficient (Wildman–Crippen LogP) is 2.54. The van der Waals surface area contributed by atoms with E-state index in [9.17, 15) is 9.18 Å². The highest BCUT2D eigenvalue weighted by atomic mass is 19.1. The number of halogens is 1. The van der Waals surface area contributed by atoms with Gasteiger partial charge in [-0.2, -0.15) is 0 Å². The summed E-state index contributed by atoms with van der Waals surface area (Å²) in [6.07, 6.45) is 4.86. The van der Waals surface area contributed by atoms with Gasteiger partial charge in [-0.3, -0.25) is 4.79 Å². The highest BCUT2D eigenvalue weighted by Crippen LogP contribution is 2.37. The van der Waals surface area contributed by atoms with E-state index in [2.05, 4.69) is 4.90 Å². The summed E-state index contributed by atoms with van der Waals surface area (Å²) in [6.45, 7) is 5.70. The number of amides is 1. The van der Waals surface area contributed by atoms with E-state index in [1.165, 1.54) is 44.5 Å². The van der Waals surface area contributed by atoms with E-state index in [1.807, 2.05) is 0 Å². The number of carbonyl (C=O) groups excluding carboxylic acids is 1. The van der Waals surface area contributed by atoms with Gasteiger partial charge in [-0.1, -0.05) is 6.07 Å².